The van der Waals surface area contributed by atoms with Gasteiger partial charge in [-0.05, 0) is 18.6 Å². The van der Waals surface area contributed by atoms with E-state index in [1.807, 2.05) is 6.07 Å². The van der Waals surface area contributed by atoms with E-state index < -0.39 is 5.92 Å². The molecule has 1 amide bonds. The second-order valence-electron chi connectivity index (χ2n) is 2.89. The molecule has 0 bridgehead atoms. The lowest BCUT2D eigenvalue weighted by Gasteiger charge is -2.05. The Labute approximate surface area is 82.5 Å². The Morgan fingerprint density at radius 2 is 2.57 bits per heavy atom. The maximum atomic E-state index is 11.3. The van der Waals surface area contributed by atoms with Crippen LogP contribution in [-0.2, 0) is 11.3 Å². The van der Waals surface area contributed by atoms with E-state index in [0.29, 0.717) is 18.7 Å². The van der Waals surface area contributed by atoms with Gasteiger partial charge in [-0.25, -0.2) is 0 Å². The number of nitrogens with one attached hydrogen (secondary N) is 1. The summed E-state index contributed by atoms with van der Waals surface area (Å²) in [6.45, 7) is 2.14. The first-order chi connectivity index (χ1) is 6.77. The lowest BCUT2D eigenvalue weighted by atomic mass is 10.1. The summed E-state index contributed by atoms with van der Waals surface area (Å²) >= 11 is 0. The molecule has 0 saturated heterocycles. The van der Waals surface area contributed by atoms with Crippen molar-refractivity contribution in [2.24, 2.45) is 5.92 Å². The molecule has 0 saturated carbocycles. The number of carbonyl (C=O) groups excluding carboxylic acids is 1. The molecular formula is C10H12N2O2. The van der Waals surface area contributed by atoms with E-state index >= 15 is 0 Å². The maximum absolute atomic E-state index is 11.3. The second-order valence-corrected chi connectivity index (χ2v) is 2.89. The molecule has 0 spiro atoms. The topological polar surface area (TPSA) is 66.0 Å². The summed E-state index contributed by atoms with van der Waals surface area (Å²) in [5.74, 6) is -0.123. The van der Waals surface area contributed by atoms with Crippen molar-refractivity contribution in [3.8, 4) is 6.07 Å². The molecule has 1 aromatic heterocycles. The highest BCUT2D eigenvalue weighted by Crippen LogP contribution is 2.02. The van der Waals surface area contributed by atoms with E-state index in [4.69, 9.17) is 9.68 Å². The Hall–Kier alpha value is -1.76. The fourth-order valence-corrected chi connectivity index (χ4v) is 1.05. The molecule has 0 radical (unpaired) electrons. The average Bonchev–Trinajstić information content (AvgIpc) is 2.69. The molecule has 1 heterocycles. The highest BCUT2D eigenvalue weighted by molar-refractivity contribution is 5.80. The lowest BCUT2D eigenvalue weighted by Crippen LogP contribution is -2.28. The number of hydrogen-bond acceptors (Lipinski definition) is 3. The van der Waals surface area contributed by atoms with Crippen LogP contribution in [0.5, 0.6) is 0 Å². The number of hydrogen-bond donors (Lipinski definition) is 1. The van der Waals surface area contributed by atoms with Gasteiger partial charge < -0.3 is 9.73 Å². The third-order valence-corrected chi connectivity index (χ3v) is 1.90. The van der Waals surface area contributed by atoms with Gasteiger partial charge in [-0.1, -0.05) is 6.92 Å². The molecule has 4 heteroatoms. The third-order valence-electron chi connectivity index (χ3n) is 1.90. The molecule has 0 aromatic carbocycles. The minimum absolute atomic E-state index is 0.244. The first-order valence-corrected chi connectivity index (χ1v) is 4.47. The monoisotopic (exact) mass is 192 g/mol. The van der Waals surface area contributed by atoms with E-state index in [-0.39, 0.29) is 5.91 Å². The molecule has 0 aliphatic heterocycles. The molecule has 14 heavy (non-hydrogen) atoms. The summed E-state index contributed by atoms with van der Waals surface area (Å²) in [4.78, 5) is 11.3. The van der Waals surface area contributed by atoms with Crippen LogP contribution in [0.2, 0.25) is 0 Å². The van der Waals surface area contributed by atoms with Gasteiger partial charge in [0, 0.05) is 0 Å². The van der Waals surface area contributed by atoms with Crippen molar-refractivity contribution in [2.45, 2.75) is 19.9 Å². The largest absolute Gasteiger partial charge is 0.467 e. The summed E-state index contributed by atoms with van der Waals surface area (Å²) < 4.78 is 5.03. The quantitative estimate of drug-likeness (QED) is 0.785. The first kappa shape index (κ1) is 10.3. The van der Waals surface area contributed by atoms with Crippen LogP contribution in [-0.4, -0.2) is 5.91 Å². The fraction of sp³-hybridized carbons (Fsp3) is 0.400. The molecule has 1 rings (SSSR count). The summed E-state index contributed by atoms with van der Waals surface area (Å²) in [7, 11) is 0. The van der Waals surface area contributed by atoms with Crippen LogP contribution >= 0.6 is 0 Å². The number of carbonyl (C=O) groups is 1. The van der Waals surface area contributed by atoms with Crippen molar-refractivity contribution in [2.75, 3.05) is 0 Å². The molecule has 4 nitrogen and oxygen atoms in total. The molecular weight excluding hydrogens is 180 g/mol. The van der Waals surface area contributed by atoms with Crippen molar-refractivity contribution < 1.29 is 9.21 Å². The predicted molar refractivity (Wildman–Crippen MR) is 49.9 cm³/mol. The van der Waals surface area contributed by atoms with E-state index in [1.54, 1.807) is 25.3 Å². The highest BCUT2D eigenvalue weighted by atomic mass is 16.3. The molecule has 0 fully saturated rings. The van der Waals surface area contributed by atoms with Gasteiger partial charge in [0.1, 0.15) is 11.7 Å². The zero-order chi connectivity index (χ0) is 10.4. The number of nitriles is 1. The molecule has 0 aliphatic rings. The number of nitrogens with zero attached hydrogens (tertiary/aromatic N) is 1. The van der Waals surface area contributed by atoms with Crippen LogP contribution in [0.25, 0.3) is 0 Å². The zero-order valence-electron chi connectivity index (χ0n) is 7.99. The molecule has 74 valence electrons. The Balaban J connectivity index is 2.39. The Kier molecular flexibility index (Phi) is 3.74. The number of furan rings is 1. The van der Waals surface area contributed by atoms with Gasteiger partial charge in [0.25, 0.3) is 0 Å². The van der Waals surface area contributed by atoms with Crippen molar-refractivity contribution in [1.29, 1.82) is 5.26 Å². The molecule has 1 N–H and O–H groups in total. The standard InChI is InChI=1S/C10H12N2O2/c1-2-8(6-11)10(13)12-7-9-4-3-5-14-9/h3-5,8H,2,7H2,1H3,(H,12,13). The van der Waals surface area contributed by atoms with Gasteiger partial charge in [-0.2, -0.15) is 5.26 Å². The van der Waals surface area contributed by atoms with E-state index in [2.05, 4.69) is 5.32 Å². The summed E-state index contributed by atoms with van der Waals surface area (Å²) in [6.07, 6.45) is 2.07. The SMILES string of the molecule is CCC(C#N)C(=O)NCc1ccco1. The number of rotatable bonds is 4. The average molecular weight is 192 g/mol. The van der Waals surface area contributed by atoms with Crippen LogP contribution in [0.1, 0.15) is 19.1 Å². The van der Waals surface area contributed by atoms with Crippen LogP contribution in [0.4, 0.5) is 0 Å². The minimum atomic E-state index is -0.565. The van der Waals surface area contributed by atoms with Crippen molar-refractivity contribution in [3.05, 3.63) is 24.2 Å². The van der Waals surface area contributed by atoms with Gasteiger partial charge >= 0.3 is 0 Å². The van der Waals surface area contributed by atoms with E-state index in [1.165, 1.54) is 0 Å². The predicted octanol–water partition coefficient (Wildman–Crippen LogP) is 1.45. The second kappa shape index (κ2) is 5.07. The number of amides is 1. The summed E-state index contributed by atoms with van der Waals surface area (Å²) in [5, 5.41) is 11.3. The van der Waals surface area contributed by atoms with Crippen LogP contribution in [0.3, 0.4) is 0 Å². The van der Waals surface area contributed by atoms with E-state index in [9.17, 15) is 4.79 Å². The highest BCUT2D eigenvalue weighted by Gasteiger charge is 2.14. The third kappa shape index (κ3) is 2.63. The normalized spacial score (nSPS) is 11.7. The lowest BCUT2D eigenvalue weighted by molar-refractivity contribution is -0.123. The van der Waals surface area contributed by atoms with Crippen molar-refractivity contribution in [1.82, 2.24) is 5.32 Å². The van der Waals surface area contributed by atoms with Crippen LogP contribution in [0.15, 0.2) is 22.8 Å². The van der Waals surface area contributed by atoms with Gasteiger partial charge in [0.05, 0.1) is 18.9 Å². The summed E-state index contributed by atoms with van der Waals surface area (Å²) in [5.41, 5.74) is 0. The molecule has 1 aromatic rings. The first-order valence-electron chi connectivity index (χ1n) is 4.47. The van der Waals surface area contributed by atoms with Crippen molar-refractivity contribution >= 4 is 5.91 Å². The van der Waals surface area contributed by atoms with E-state index in [0.717, 1.165) is 0 Å². The van der Waals surface area contributed by atoms with Gasteiger partial charge in [-0.3, -0.25) is 4.79 Å². The Morgan fingerprint density at radius 1 is 1.79 bits per heavy atom. The van der Waals surface area contributed by atoms with Gasteiger partial charge in [0.2, 0.25) is 5.91 Å². The fourth-order valence-electron chi connectivity index (χ4n) is 1.05. The molecule has 0 aliphatic carbocycles. The van der Waals surface area contributed by atoms with Gasteiger partial charge in [0.15, 0.2) is 0 Å². The smallest absolute Gasteiger partial charge is 0.237 e. The van der Waals surface area contributed by atoms with Crippen LogP contribution < -0.4 is 5.32 Å². The maximum Gasteiger partial charge on any atom is 0.237 e. The minimum Gasteiger partial charge on any atom is -0.467 e. The Morgan fingerprint density at radius 3 is 3.07 bits per heavy atom. The molecule has 1 atom stereocenters. The van der Waals surface area contributed by atoms with Crippen LogP contribution in [0, 0.1) is 17.2 Å². The Bertz CT molecular complexity index is 324. The molecule has 1 unspecified atom stereocenters. The summed E-state index contributed by atoms with van der Waals surface area (Å²) in [6, 6.07) is 5.46. The van der Waals surface area contributed by atoms with Gasteiger partial charge in [-0.15, -0.1) is 0 Å². The van der Waals surface area contributed by atoms with Crippen molar-refractivity contribution in [3.63, 3.8) is 0 Å². The zero-order valence-corrected chi connectivity index (χ0v) is 7.99.